The Morgan fingerprint density at radius 3 is 2.54 bits per heavy atom. The molecule has 2 N–H and O–H groups in total. The van der Waals surface area contributed by atoms with Gasteiger partial charge in [0.2, 0.25) is 0 Å². The normalized spacial score (nSPS) is 15.9. The van der Waals surface area contributed by atoms with E-state index < -0.39 is 0 Å². The summed E-state index contributed by atoms with van der Waals surface area (Å²) >= 11 is 0. The lowest BCUT2D eigenvalue weighted by Crippen LogP contribution is -2.40. The average Bonchev–Trinajstić information content (AvgIpc) is 3.34. The zero-order chi connectivity index (χ0) is 18.4. The van der Waals surface area contributed by atoms with E-state index in [1.165, 1.54) is 18.4 Å². The molecule has 1 heterocycles. The first-order chi connectivity index (χ1) is 12.7. The molecule has 1 aromatic heterocycles. The predicted octanol–water partition coefficient (Wildman–Crippen LogP) is 3.98. The van der Waals surface area contributed by atoms with Crippen LogP contribution >= 0.6 is 0 Å². The Morgan fingerprint density at radius 2 is 1.92 bits per heavy atom. The summed E-state index contributed by atoms with van der Waals surface area (Å²) in [5.41, 5.74) is 2.72. The van der Waals surface area contributed by atoms with Crippen molar-refractivity contribution in [1.29, 1.82) is 0 Å². The van der Waals surface area contributed by atoms with Crippen LogP contribution in [0.2, 0.25) is 0 Å². The zero-order valence-corrected chi connectivity index (χ0v) is 16.1. The first-order valence-electron chi connectivity index (χ1n) is 9.66. The highest BCUT2D eigenvalue weighted by Crippen LogP contribution is 2.47. The summed E-state index contributed by atoms with van der Waals surface area (Å²) in [4.78, 5) is 4.33. The Bertz CT molecular complexity index is 715. The highest BCUT2D eigenvalue weighted by molar-refractivity contribution is 5.79. The van der Waals surface area contributed by atoms with Gasteiger partial charge in [0, 0.05) is 31.0 Å². The van der Waals surface area contributed by atoms with Gasteiger partial charge in [0.05, 0.1) is 12.2 Å². The van der Waals surface area contributed by atoms with Gasteiger partial charge in [-0.15, -0.1) is 0 Å². The number of hydrogen-bond acceptors (Lipinski definition) is 3. The van der Waals surface area contributed by atoms with Gasteiger partial charge in [0.15, 0.2) is 11.7 Å². The maximum atomic E-state index is 5.48. The molecule has 1 fully saturated rings. The van der Waals surface area contributed by atoms with E-state index in [1.54, 1.807) is 7.05 Å². The Kier molecular flexibility index (Phi) is 5.96. The topological polar surface area (TPSA) is 62.5 Å². The molecule has 0 saturated heterocycles. The van der Waals surface area contributed by atoms with Crippen LogP contribution in [0.25, 0.3) is 0 Å². The lowest BCUT2D eigenvalue weighted by molar-refractivity contribution is 0.368. The van der Waals surface area contributed by atoms with Gasteiger partial charge < -0.3 is 15.2 Å². The Balaban J connectivity index is 1.51. The molecule has 0 bridgehead atoms. The van der Waals surface area contributed by atoms with Crippen LogP contribution in [0.5, 0.6) is 0 Å². The summed E-state index contributed by atoms with van der Waals surface area (Å²) in [7, 11) is 1.80. The summed E-state index contributed by atoms with van der Waals surface area (Å²) in [5, 5.41) is 11.0. The number of rotatable bonds is 8. The molecule has 1 aromatic carbocycles. The van der Waals surface area contributed by atoms with E-state index in [4.69, 9.17) is 4.52 Å². The third-order valence-corrected chi connectivity index (χ3v) is 5.47. The van der Waals surface area contributed by atoms with E-state index in [0.29, 0.717) is 12.5 Å². The van der Waals surface area contributed by atoms with Crippen molar-refractivity contribution in [2.75, 3.05) is 13.6 Å². The molecular formula is C21H30N4O. The Hall–Kier alpha value is -2.30. The molecule has 1 aliphatic rings. The van der Waals surface area contributed by atoms with Gasteiger partial charge in [-0.2, -0.15) is 0 Å². The number of benzene rings is 1. The minimum Gasteiger partial charge on any atom is -0.359 e. The van der Waals surface area contributed by atoms with E-state index >= 15 is 0 Å². The van der Waals surface area contributed by atoms with Gasteiger partial charge in [-0.1, -0.05) is 49.3 Å². The van der Waals surface area contributed by atoms with Crippen molar-refractivity contribution < 1.29 is 4.52 Å². The van der Waals surface area contributed by atoms with E-state index in [9.17, 15) is 0 Å². The second-order valence-electron chi connectivity index (χ2n) is 7.16. The highest BCUT2D eigenvalue weighted by atomic mass is 16.5. The van der Waals surface area contributed by atoms with Gasteiger partial charge in [0.1, 0.15) is 0 Å². The molecule has 1 aliphatic carbocycles. The van der Waals surface area contributed by atoms with Crippen molar-refractivity contribution in [1.82, 2.24) is 15.8 Å². The first-order valence-corrected chi connectivity index (χ1v) is 9.66. The van der Waals surface area contributed by atoms with Gasteiger partial charge in [-0.05, 0) is 31.2 Å². The van der Waals surface area contributed by atoms with Crippen molar-refractivity contribution in [3.05, 3.63) is 53.4 Å². The van der Waals surface area contributed by atoms with E-state index in [1.807, 2.05) is 0 Å². The molecule has 0 spiro atoms. The van der Waals surface area contributed by atoms with Crippen LogP contribution in [-0.4, -0.2) is 24.7 Å². The monoisotopic (exact) mass is 354 g/mol. The van der Waals surface area contributed by atoms with E-state index in [0.717, 1.165) is 36.8 Å². The standard InChI is InChI=1S/C21H30N4O/c1-4-16(5-2)19-13-18(26-25-19)14-23-20(22-3)24-15-21(11-12-21)17-9-7-6-8-10-17/h6-10,13,16H,4-5,11-12,14-15H2,1-3H3,(H2,22,23,24). The second kappa shape index (κ2) is 8.39. The minimum atomic E-state index is 0.258. The first kappa shape index (κ1) is 18.5. The third kappa shape index (κ3) is 4.26. The Morgan fingerprint density at radius 1 is 1.19 bits per heavy atom. The summed E-state index contributed by atoms with van der Waals surface area (Å²) in [6.07, 6.45) is 4.62. The fourth-order valence-corrected chi connectivity index (χ4v) is 3.47. The quantitative estimate of drug-likeness (QED) is 0.556. The van der Waals surface area contributed by atoms with Crippen LogP contribution in [0, 0.1) is 0 Å². The third-order valence-electron chi connectivity index (χ3n) is 5.47. The van der Waals surface area contributed by atoms with Crippen molar-refractivity contribution in [2.45, 2.75) is 57.4 Å². The molecule has 0 amide bonds. The van der Waals surface area contributed by atoms with Gasteiger partial charge >= 0.3 is 0 Å². The van der Waals surface area contributed by atoms with Crippen LogP contribution in [0.15, 0.2) is 45.9 Å². The summed E-state index contributed by atoms with van der Waals surface area (Å²) in [5.74, 6) is 2.12. The lowest BCUT2D eigenvalue weighted by Gasteiger charge is -2.18. The van der Waals surface area contributed by atoms with E-state index in [-0.39, 0.29) is 5.41 Å². The summed E-state index contributed by atoms with van der Waals surface area (Å²) < 4.78 is 5.48. The molecule has 0 unspecified atom stereocenters. The number of nitrogens with zero attached hydrogens (tertiary/aromatic N) is 2. The lowest BCUT2D eigenvalue weighted by atomic mass is 9.96. The highest BCUT2D eigenvalue weighted by Gasteiger charge is 2.43. The van der Waals surface area contributed by atoms with Crippen molar-refractivity contribution in [3.8, 4) is 0 Å². The smallest absolute Gasteiger partial charge is 0.191 e. The van der Waals surface area contributed by atoms with E-state index in [2.05, 4.69) is 71.0 Å². The Labute approximate surface area is 156 Å². The molecule has 5 heteroatoms. The number of aliphatic imine (C=N–C) groups is 1. The fraction of sp³-hybridized carbons (Fsp3) is 0.524. The number of hydrogen-bond donors (Lipinski definition) is 2. The fourth-order valence-electron chi connectivity index (χ4n) is 3.47. The molecule has 26 heavy (non-hydrogen) atoms. The molecule has 140 valence electrons. The predicted molar refractivity (Wildman–Crippen MR) is 105 cm³/mol. The van der Waals surface area contributed by atoms with Crippen LogP contribution in [0.1, 0.15) is 62.5 Å². The molecule has 1 saturated carbocycles. The maximum absolute atomic E-state index is 5.48. The van der Waals surface area contributed by atoms with Crippen molar-refractivity contribution in [3.63, 3.8) is 0 Å². The number of aromatic nitrogens is 1. The number of nitrogens with one attached hydrogen (secondary N) is 2. The van der Waals surface area contributed by atoms with Crippen molar-refractivity contribution >= 4 is 5.96 Å². The van der Waals surface area contributed by atoms with Gasteiger partial charge in [-0.25, -0.2) is 0 Å². The molecule has 0 radical (unpaired) electrons. The number of guanidine groups is 1. The van der Waals surface area contributed by atoms with Crippen LogP contribution in [0.3, 0.4) is 0 Å². The maximum Gasteiger partial charge on any atom is 0.191 e. The molecule has 3 rings (SSSR count). The van der Waals surface area contributed by atoms with Gasteiger partial charge in [0.25, 0.3) is 0 Å². The van der Waals surface area contributed by atoms with Gasteiger partial charge in [-0.3, -0.25) is 4.99 Å². The molecule has 0 aliphatic heterocycles. The molecule has 5 nitrogen and oxygen atoms in total. The SMILES string of the molecule is CCC(CC)c1cc(CNC(=NC)NCC2(c3ccccc3)CC2)on1. The molecular weight excluding hydrogens is 324 g/mol. The van der Waals surface area contributed by atoms with Crippen LogP contribution in [0.4, 0.5) is 0 Å². The summed E-state index contributed by atoms with van der Waals surface area (Å²) in [6.45, 7) is 5.86. The molecule has 2 aromatic rings. The largest absolute Gasteiger partial charge is 0.359 e. The van der Waals surface area contributed by atoms with Crippen LogP contribution < -0.4 is 10.6 Å². The average molecular weight is 354 g/mol. The summed E-state index contributed by atoms with van der Waals surface area (Å²) in [6, 6.07) is 12.8. The van der Waals surface area contributed by atoms with Crippen LogP contribution in [-0.2, 0) is 12.0 Å². The van der Waals surface area contributed by atoms with Crippen molar-refractivity contribution in [2.24, 2.45) is 4.99 Å². The zero-order valence-electron chi connectivity index (χ0n) is 16.1. The second-order valence-corrected chi connectivity index (χ2v) is 7.16. The molecule has 0 atom stereocenters. The minimum absolute atomic E-state index is 0.258.